The van der Waals surface area contributed by atoms with Gasteiger partial charge in [0.2, 0.25) is 35.3 Å². The van der Waals surface area contributed by atoms with Crippen LogP contribution in [0.2, 0.25) is 0 Å². The van der Waals surface area contributed by atoms with Crippen LogP contribution in [0.3, 0.4) is 0 Å². The summed E-state index contributed by atoms with van der Waals surface area (Å²) in [4.78, 5) is 43.5. The average molecular weight is 1060 g/mol. The number of ether oxygens (including phenoxy) is 6. The summed E-state index contributed by atoms with van der Waals surface area (Å²) in [7, 11) is 1.56. The Bertz CT molecular complexity index is 3080. The van der Waals surface area contributed by atoms with Gasteiger partial charge in [-0.2, -0.15) is 0 Å². The van der Waals surface area contributed by atoms with Crippen molar-refractivity contribution in [3.8, 4) is 58.3 Å². The van der Waals surface area contributed by atoms with E-state index in [1.165, 1.54) is 0 Å². The maximum Gasteiger partial charge on any atom is 0.236 e. The summed E-state index contributed by atoms with van der Waals surface area (Å²) in [5.74, 6) is 8.75. The third-order valence-corrected chi connectivity index (χ3v) is 12.1. The lowest BCUT2D eigenvalue weighted by Crippen LogP contribution is -2.06. The molecule has 0 aliphatic heterocycles. The van der Waals surface area contributed by atoms with E-state index in [9.17, 15) is 0 Å². The van der Waals surface area contributed by atoms with Crippen LogP contribution in [0.1, 0.15) is 111 Å². The number of nitrogen functional groups attached to an aromatic ring is 4. The zero-order valence-electron chi connectivity index (χ0n) is 44.3. The summed E-state index contributed by atoms with van der Waals surface area (Å²) < 4.78 is 36.8. The van der Waals surface area contributed by atoms with Crippen molar-refractivity contribution in [2.24, 2.45) is 0 Å². The van der Waals surface area contributed by atoms with Gasteiger partial charge in [0.15, 0.2) is 46.3 Å². The van der Waals surface area contributed by atoms with Gasteiger partial charge in [-0.1, -0.05) is 20.8 Å². The number of nitrogens with zero attached hydrogens (tertiary/aromatic N) is 14. The van der Waals surface area contributed by atoms with Gasteiger partial charge in [-0.15, -0.1) is 32.9 Å². The Labute approximate surface area is 438 Å². The van der Waals surface area contributed by atoms with Gasteiger partial charge in [0.1, 0.15) is 23.3 Å². The highest BCUT2D eigenvalue weighted by atomic mass is 32.1. The molecule has 0 saturated carbocycles. The minimum atomic E-state index is 0.131. The van der Waals surface area contributed by atoms with Gasteiger partial charge in [-0.05, 0) is 88.5 Å². The highest BCUT2D eigenvalue weighted by Crippen LogP contribution is 2.35. The van der Waals surface area contributed by atoms with E-state index in [0.717, 1.165) is 39.0 Å². The van der Waals surface area contributed by atoms with Gasteiger partial charge in [-0.25, -0.2) is 59.2 Å². The van der Waals surface area contributed by atoms with Crippen LogP contribution in [-0.4, -0.2) is 83.1 Å². The maximum atomic E-state index is 5.82. The molecule has 0 atom stereocenters. The molecule has 0 unspecified atom stereocenters. The number of hydrogen-bond acceptors (Lipinski definition) is 24. The molecule has 26 heteroatoms. The van der Waals surface area contributed by atoms with Gasteiger partial charge in [0.05, 0.1) is 82.5 Å². The SMILES string of the molecule is CCOc1cc(Oc2cnc(C)nc2N)n(C(C)C)n1.CCc1nc(Oc2cnc(C)nc2N)c(CC)s1.CCc1sc(C)nc1Oc1cnc(C)nc1N.COc1cc(Oc2cnc(C)nc2N)n(C(C)C)n1. The predicted octanol–water partition coefficient (Wildman–Crippen LogP) is 9.51. The quantitative estimate of drug-likeness (QED) is 0.0699. The zero-order valence-corrected chi connectivity index (χ0v) is 45.9. The second kappa shape index (κ2) is 26.6. The first kappa shape index (κ1) is 56.9. The standard InChI is InChI=1S/C13H19N5O2.C12H17N5O2.C12H16N4OS.C11H14N4OS/c1-5-19-11-6-12(18(17-11)8(2)3)20-10-7-15-9(4)16-13(10)14;1-7(2)17-11(5-10(16-17)18-4)19-9-6-14-8(3)15-12(9)13;1-4-9-12(16-10(5-2)18-9)17-8-6-14-7(3)15-11(8)13;1-4-9-11(15-7(3)17-9)16-8-5-13-6(2)14-10(8)12/h6-8H,5H2,1-4H3,(H2,14,15,16);5-7H,1-4H3,(H2,13,14,15);6H,4-5H2,1-3H3,(H2,13,14,15);5H,4H2,1-3H3,(H2,12,13,14). The monoisotopic (exact) mass is 1050 g/mol. The lowest BCUT2D eigenvalue weighted by molar-refractivity contribution is 0.317. The van der Waals surface area contributed by atoms with Gasteiger partial charge >= 0.3 is 0 Å². The molecule has 0 saturated heterocycles. The van der Waals surface area contributed by atoms with Gasteiger partial charge < -0.3 is 51.4 Å². The Balaban J connectivity index is 0.000000183. The lowest BCUT2D eigenvalue weighted by atomic mass is 10.4. The second-order valence-corrected chi connectivity index (χ2v) is 18.7. The normalized spacial score (nSPS) is 10.7. The molecule has 0 aliphatic rings. The van der Waals surface area contributed by atoms with Crippen LogP contribution in [-0.2, 0) is 19.3 Å². The number of rotatable bonds is 16. The van der Waals surface area contributed by atoms with Crippen LogP contribution in [0.15, 0.2) is 36.9 Å². The first-order valence-electron chi connectivity index (χ1n) is 23.6. The van der Waals surface area contributed by atoms with E-state index < -0.39 is 0 Å². The fourth-order valence-corrected chi connectivity index (χ4v) is 7.85. The number of methoxy groups -OCH3 is 1. The fourth-order valence-electron chi connectivity index (χ4n) is 6.17. The number of anilines is 4. The van der Waals surface area contributed by atoms with E-state index in [1.54, 1.807) is 104 Å². The van der Waals surface area contributed by atoms with E-state index in [1.807, 2.05) is 41.5 Å². The highest BCUT2D eigenvalue weighted by molar-refractivity contribution is 7.12. The van der Waals surface area contributed by atoms with Crippen LogP contribution < -0.4 is 51.4 Å². The first-order chi connectivity index (χ1) is 35.2. The number of thiazole rings is 2. The summed E-state index contributed by atoms with van der Waals surface area (Å²) in [6.45, 7) is 25.7. The number of hydrogen-bond donors (Lipinski definition) is 4. The Morgan fingerprint density at radius 3 is 1.24 bits per heavy atom. The molecule has 396 valence electrons. The zero-order chi connectivity index (χ0) is 54.2. The molecule has 74 heavy (non-hydrogen) atoms. The summed E-state index contributed by atoms with van der Waals surface area (Å²) >= 11 is 3.29. The molecule has 0 fully saturated rings. The van der Waals surface area contributed by atoms with E-state index in [4.69, 9.17) is 51.4 Å². The molecule has 0 aromatic carbocycles. The van der Waals surface area contributed by atoms with Crippen molar-refractivity contribution >= 4 is 45.9 Å². The molecule has 8 aromatic heterocycles. The van der Waals surface area contributed by atoms with Crippen LogP contribution in [0.25, 0.3) is 0 Å². The molecule has 0 radical (unpaired) electrons. The number of aryl methyl sites for hydroxylation is 8. The van der Waals surface area contributed by atoms with E-state index >= 15 is 0 Å². The van der Waals surface area contributed by atoms with Crippen molar-refractivity contribution in [1.29, 1.82) is 0 Å². The molecule has 0 spiro atoms. The summed E-state index contributed by atoms with van der Waals surface area (Å²) in [6.07, 6.45) is 8.93. The van der Waals surface area contributed by atoms with E-state index in [-0.39, 0.29) is 12.1 Å². The maximum absolute atomic E-state index is 5.82. The van der Waals surface area contributed by atoms with Crippen molar-refractivity contribution in [2.45, 2.75) is 121 Å². The van der Waals surface area contributed by atoms with E-state index in [0.29, 0.717) is 111 Å². The average Bonchev–Trinajstić information content (AvgIpc) is 4.15. The third-order valence-electron chi connectivity index (χ3n) is 9.71. The lowest BCUT2D eigenvalue weighted by Gasteiger charge is -2.11. The van der Waals surface area contributed by atoms with E-state index in [2.05, 4.69) is 80.8 Å². The molecular weight excluding hydrogens is 989 g/mol. The smallest absolute Gasteiger partial charge is 0.236 e. The number of nitrogens with two attached hydrogens (primary N) is 4. The van der Waals surface area contributed by atoms with Crippen LogP contribution >= 0.6 is 22.7 Å². The second-order valence-electron chi connectivity index (χ2n) is 16.3. The molecule has 0 amide bonds. The van der Waals surface area contributed by atoms with Crippen LogP contribution in [0.4, 0.5) is 23.3 Å². The van der Waals surface area contributed by atoms with Crippen molar-refractivity contribution in [3.63, 3.8) is 0 Å². The molecule has 8 N–H and O–H groups in total. The Kier molecular flexibility index (Phi) is 20.5. The minimum absolute atomic E-state index is 0.131. The van der Waals surface area contributed by atoms with Crippen molar-refractivity contribution in [2.75, 3.05) is 36.7 Å². The molecular formula is C48H66N18O6S2. The van der Waals surface area contributed by atoms with Crippen LogP contribution in [0, 0.1) is 34.6 Å². The minimum Gasteiger partial charge on any atom is -0.480 e. The molecule has 0 bridgehead atoms. The van der Waals surface area contributed by atoms with Crippen LogP contribution in [0.5, 0.6) is 58.3 Å². The highest BCUT2D eigenvalue weighted by Gasteiger charge is 2.18. The Hall–Kier alpha value is -8.00. The predicted molar refractivity (Wildman–Crippen MR) is 285 cm³/mol. The molecule has 8 rings (SSSR count). The molecule has 0 aliphatic carbocycles. The first-order valence-corrected chi connectivity index (χ1v) is 25.3. The van der Waals surface area contributed by atoms with Crippen molar-refractivity contribution in [1.82, 2.24) is 69.4 Å². The summed E-state index contributed by atoms with van der Waals surface area (Å²) in [5, 5.41) is 10.6. The van der Waals surface area contributed by atoms with Crippen molar-refractivity contribution in [3.05, 3.63) is 80.0 Å². The third kappa shape index (κ3) is 15.7. The molecule has 24 nitrogen and oxygen atoms in total. The molecule has 8 aromatic rings. The Morgan fingerprint density at radius 2 is 0.878 bits per heavy atom. The summed E-state index contributed by atoms with van der Waals surface area (Å²) in [5.41, 5.74) is 23.2. The van der Waals surface area contributed by atoms with Gasteiger partial charge in [-0.3, -0.25) is 0 Å². The Morgan fingerprint density at radius 1 is 0.500 bits per heavy atom. The molecule has 8 heterocycles. The summed E-state index contributed by atoms with van der Waals surface area (Å²) in [6, 6.07) is 3.68. The topological polar surface area (TPSA) is 324 Å². The van der Waals surface area contributed by atoms with Gasteiger partial charge in [0, 0.05) is 0 Å². The largest absolute Gasteiger partial charge is 0.480 e. The fraction of sp³-hybridized carbons (Fsp3) is 0.417. The number of aromatic nitrogens is 14. The van der Waals surface area contributed by atoms with Gasteiger partial charge in [0.25, 0.3) is 0 Å². The van der Waals surface area contributed by atoms with Crippen molar-refractivity contribution < 1.29 is 28.4 Å².